The van der Waals surface area contributed by atoms with Crippen LogP contribution < -0.4 is 5.32 Å². The molecule has 1 aromatic heterocycles. The highest BCUT2D eigenvalue weighted by Crippen LogP contribution is 2.20. The summed E-state index contributed by atoms with van der Waals surface area (Å²) in [5.41, 5.74) is -0.424. The van der Waals surface area contributed by atoms with E-state index in [1.165, 1.54) is 0 Å². The Morgan fingerprint density at radius 2 is 2.38 bits per heavy atom. The molecule has 2 atom stereocenters. The lowest BCUT2D eigenvalue weighted by molar-refractivity contribution is 0.0288. The van der Waals surface area contributed by atoms with Crippen molar-refractivity contribution in [3.05, 3.63) is 16.6 Å². The van der Waals surface area contributed by atoms with Crippen molar-refractivity contribution in [3.63, 3.8) is 0 Å². The number of aromatic nitrogens is 1. The van der Waals surface area contributed by atoms with Crippen molar-refractivity contribution in [2.75, 3.05) is 19.6 Å². The number of amides is 1. The van der Waals surface area contributed by atoms with Crippen LogP contribution in [0.3, 0.4) is 0 Å². The van der Waals surface area contributed by atoms with Crippen LogP contribution in [-0.2, 0) is 4.74 Å². The Kier molecular flexibility index (Phi) is 5.22. The Hall–Kier alpha value is -1.14. The van der Waals surface area contributed by atoms with Crippen molar-refractivity contribution < 1.29 is 9.53 Å². The molecule has 0 aliphatic carbocycles. The molecule has 2 heterocycles. The number of carbonyl (C=O) groups excluding carboxylic acids is 1. The van der Waals surface area contributed by atoms with E-state index in [0.717, 1.165) is 31.1 Å². The number of nitrogens with zero attached hydrogens (tertiary/aromatic N) is 2. The molecule has 0 spiro atoms. The van der Waals surface area contributed by atoms with Gasteiger partial charge < -0.3 is 15.0 Å². The maximum Gasteiger partial charge on any atom is 0.410 e. The maximum absolute atomic E-state index is 12.0. The van der Waals surface area contributed by atoms with E-state index in [0.29, 0.717) is 5.92 Å². The van der Waals surface area contributed by atoms with E-state index in [1.807, 2.05) is 37.2 Å². The number of rotatable bonds is 4. The lowest BCUT2D eigenvalue weighted by atomic mass is 10.1. The summed E-state index contributed by atoms with van der Waals surface area (Å²) in [6.07, 6.45) is 2.66. The number of likely N-dealkylation sites (tertiary alicyclic amines) is 1. The molecular weight excluding hydrogens is 286 g/mol. The Morgan fingerprint density at radius 3 is 3.00 bits per heavy atom. The van der Waals surface area contributed by atoms with Crippen LogP contribution in [0.15, 0.2) is 11.6 Å². The second-order valence-corrected chi connectivity index (χ2v) is 7.51. The van der Waals surface area contributed by atoms with Gasteiger partial charge in [-0.2, -0.15) is 0 Å². The SMILES string of the molecule is C[C@H](NC[C@H]1CCN(C(=O)OC(C)(C)C)C1)c1nccs1. The van der Waals surface area contributed by atoms with Crippen LogP contribution in [-0.4, -0.2) is 41.2 Å². The highest BCUT2D eigenvalue weighted by atomic mass is 32.1. The summed E-state index contributed by atoms with van der Waals surface area (Å²) >= 11 is 1.67. The Bertz CT molecular complexity index is 456. The van der Waals surface area contributed by atoms with Gasteiger partial charge in [0.2, 0.25) is 0 Å². The molecule has 0 radical (unpaired) electrons. The third-order valence-corrected chi connectivity index (χ3v) is 4.43. The molecular formula is C15H25N3O2S. The molecule has 0 bridgehead atoms. The zero-order valence-electron chi connectivity index (χ0n) is 13.3. The topological polar surface area (TPSA) is 54.5 Å². The molecule has 0 aromatic carbocycles. The van der Waals surface area contributed by atoms with Gasteiger partial charge in [-0.25, -0.2) is 9.78 Å². The number of hydrogen-bond donors (Lipinski definition) is 1. The van der Waals surface area contributed by atoms with Crippen molar-refractivity contribution in [2.45, 2.75) is 45.8 Å². The highest BCUT2D eigenvalue weighted by molar-refractivity contribution is 7.09. The second-order valence-electron chi connectivity index (χ2n) is 6.58. The third-order valence-electron chi connectivity index (χ3n) is 3.47. The van der Waals surface area contributed by atoms with Gasteiger partial charge in [-0.3, -0.25) is 0 Å². The van der Waals surface area contributed by atoms with Gasteiger partial charge in [0.15, 0.2) is 0 Å². The van der Waals surface area contributed by atoms with Gasteiger partial charge in [0.05, 0.1) is 6.04 Å². The number of nitrogens with one attached hydrogen (secondary N) is 1. The fourth-order valence-electron chi connectivity index (χ4n) is 2.37. The van der Waals surface area contributed by atoms with E-state index in [2.05, 4.69) is 17.2 Å². The van der Waals surface area contributed by atoms with Gasteiger partial charge in [0.1, 0.15) is 10.6 Å². The molecule has 1 aromatic rings. The van der Waals surface area contributed by atoms with Gasteiger partial charge in [0, 0.05) is 31.2 Å². The molecule has 0 unspecified atom stereocenters. The summed E-state index contributed by atoms with van der Waals surface area (Å²) in [4.78, 5) is 18.1. The predicted octanol–water partition coefficient (Wildman–Crippen LogP) is 3.05. The van der Waals surface area contributed by atoms with Crippen LogP contribution in [0, 0.1) is 5.92 Å². The van der Waals surface area contributed by atoms with E-state index in [9.17, 15) is 4.79 Å². The quantitative estimate of drug-likeness (QED) is 0.928. The van der Waals surface area contributed by atoms with Crippen molar-refractivity contribution >= 4 is 17.4 Å². The molecule has 1 N–H and O–H groups in total. The minimum atomic E-state index is -0.424. The molecule has 6 heteroatoms. The molecule has 1 aliphatic heterocycles. The van der Waals surface area contributed by atoms with E-state index in [-0.39, 0.29) is 12.1 Å². The summed E-state index contributed by atoms with van der Waals surface area (Å²) < 4.78 is 5.41. The van der Waals surface area contributed by atoms with Crippen molar-refractivity contribution in [2.24, 2.45) is 5.92 Å². The molecule has 5 nitrogen and oxygen atoms in total. The molecule has 1 aliphatic rings. The average Bonchev–Trinajstić information content (AvgIpc) is 3.05. The van der Waals surface area contributed by atoms with Crippen LogP contribution in [0.5, 0.6) is 0 Å². The highest BCUT2D eigenvalue weighted by Gasteiger charge is 2.29. The standard InChI is InChI=1S/C15H25N3O2S/c1-11(13-16-6-8-21-13)17-9-12-5-7-18(10-12)14(19)20-15(2,3)4/h6,8,11-12,17H,5,7,9-10H2,1-4H3/t11-,12+/m0/s1. The molecule has 1 fully saturated rings. The summed E-state index contributed by atoms with van der Waals surface area (Å²) in [5, 5.41) is 6.61. The second kappa shape index (κ2) is 6.75. The van der Waals surface area contributed by atoms with Crippen molar-refractivity contribution in [1.82, 2.24) is 15.2 Å². The van der Waals surface area contributed by atoms with E-state index >= 15 is 0 Å². The fraction of sp³-hybridized carbons (Fsp3) is 0.733. The Morgan fingerprint density at radius 1 is 1.62 bits per heavy atom. The number of ether oxygens (including phenoxy) is 1. The van der Waals surface area contributed by atoms with Gasteiger partial charge in [-0.1, -0.05) is 0 Å². The minimum absolute atomic E-state index is 0.196. The largest absolute Gasteiger partial charge is 0.444 e. The van der Waals surface area contributed by atoms with Crippen molar-refractivity contribution in [1.29, 1.82) is 0 Å². The van der Waals surface area contributed by atoms with E-state index < -0.39 is 5.60 Å². The fourth-order valence-corrected chi connectivity index (χ4v) is 3.04. The van der Waals surface area contributed by atoms with E-state index in [1.54, 1.807) is 11.3 Å². The van der Waals surface area contributed by atoms with Gasteiger partial charge in [-0.05, 0) is 40.0 Å². The summed E-state index contributed by atoms with van der Waals surface area (Å²) in [6, 6.07) is 0.264. The molecule has 21 heavy (non-hydrogen) atoms. The molecule has 1 saturated heterocycles. The normalized spacial score (nSPS) is 20.6. The summed E-state index contributed by atoms with van der Waals surface area (Å²) in [5.74, 6) is 0.486. The minimum Gasteiger partial charge on any atom is -0.444 e. The van der Waals surface area contributed by atoms with Crippen molar-refractivity contribution in [3.8, 4) is 0 Å². The maximum atomic E-state index is 12.0. The zero-order chi connectivity index (χ0) is 15.5. The lowest BCUT2D eigenvalue weighted by Gasteiger charge is -2.24. The molecule has 118 valence electrons. The first-order valence-corrected chi connectivity index (χ1v) is 8.34. The molecule has 1 amide bonds. The Balaban J connectivity index is 1.74. The van der Waals surface area contributed by atoms with Crippen LogP contribution in [0.1, 0.15) is 45.2 Å². The van der Waals surface area contributed by atoms with Gasteiger partial charge >= 0.3 is 6.09 Å². The van der Waals surface area contributed by atoms with Crippen LogP contribution in [0.25, 0.3) is 0 Å². The number of hydrogen-bond acceptors (Lipinski definition) is 5. The number of thiazole rings is 1. The predicted molar refractivity (Wildman–Crippen MR) is 84.4 cm³/mol. The first kappa shape index (κ1) is 16.2. The van der Waals surface area contributed by atoms with Crippen LogP contribution in [0.2, 0.25) is 0 Å². The number of carbonyl (C=O) groups is 1. The van der Waals surface area contributed by atoms with E-state index in [4.69, 9.17) is 4.74 Å². The van der Waals surface area contributed by atoms with Crippen LogP contribution >= 0.6 is 11.3 Å². The zero-order valence-corrected chi connectivity index (χ0v) is 14.1. The smallest absolute Gasteiger partial charge is 0.410 e. The monoisotopic (exact) mass is 311 g/mol. The summed E-state index contributed by atoms with van der Waals surface area (Å²) in [6.45, 7) is 10.3. The molecule has 2 rings (SSSR count). The van der Waals surface area contributed by atoms with Crippen LogP contribution in [0.4, 0.5) is 4.79 Å². The first-order chi connectivity index (χ1) is 9.85. The third kappa shape index (κ3) is 4.97. The average molecular weight is 311 g/mol. The van der Waals surface area contributed by atoms with Gasteiger partial charge in [0.25, 0.3) is 0 Å². The van der Waals surface area contributed by atoms with Gasteiger partial charge in [-0.15, -0.1) is 11.3 Å². The Labute approximate surface area is 130 Å². The molecule has 0 saturated carbocycles. The first-order valence-electron chi connectivity index (χ1n) is 7.46. The lowest BCUT2D eigenvalue weighted by Crippen LogP contribution is -2.36. The summed E-state index contributed by atoms with van der Waals surface area (Å²) in [7, 11) is 0.